The quantitative estimate of drug-likeness (QED) is 0.613. The van der Waals surface area contributed by atoms with Gasteiger partial charge in [-0.3, -0.25) is 9.59 Å². The maximum absolute atomic E-state index is 12.8. The van der Waals surface area contributed by atoms with E-state index < -0.39 is 5.25 Å². The molecule has 160 valence electrons. The van der Waals surface area contributed by atoms with Gasteiger partial charge in [-0.15, -0.1) is 0 Å². The van der Waals surface area contributed by atoms with Crippen molar-refractivity contribution in [3.05, 3.63) is 70.0 Å². The number of fused-ring (bicyclic) bond motifs is 1. The van der Waals surface area contributed by atoms with E-state index in [4.69, 9.17) is 9.47 Å². The normalized spacial score (nSPS) is 13.5. The van der Waals surface area contributed by atoms with Gasteiger partial charge in [-0.1, -0.05) is 23.9 Å². The van der Waals surface area contributed by atoms with Crippen molar-refractivity contribution in [3.63, 3.8) is 0 Å². The van der Waals surface area contributed by atoms with E-state index in [2.05, 4.69) is 10.4 Å². The number of nitrogens with zero attached hydrogens (tertiary/aromatic N) is 2. The molecule has 2 aromatic carbocycles. The van der Waals surface area contributed by atoms with Gasteiger partial charge in [0.25, 0.3) is 5.56 Å². The number of carbonyl (C=O) groups excluding carboxylic acids is 1. The summed E-state index contributed by atoms with van der Waals surface area (Å²) in [4.78, 5) is 25.1. The molecule has 1 aliphatic rings. The summed E-state index contributed by atoms with van der Waals surface area (Å²) in [5.41, 5.74) is 3.26. The Kier molecular flexibility index (Phi) is 5.99. The van der Waals surface area contributed by atoms with Gasteiger partial charge in [0, 0.05) is 6.07 Å². The smallest absolute Gasteiger partial charge is 0.271 e. The van der Waals surface area contributed by atoms with Crippen LogP contribution in [-0.4, -0.2) is 34.2 Å². The van der Waals surface area contributed by atoms with Crippen molar-refractivity contribution in [2.75, 3.05) is 18.5 Å². The van der Waals surface area contributed by atoms with Gasteiger partial charge in [0.15, 0.2) is 11.5 Å². The van der Waals surface area contributed by atoms with Crippen LogP contribution in [0.25, 0.3) is 5.69 Å². The van der Waals surface area contributed by atoms with Crippen LogP contribution in [0.15, 0.2) is 58.4 Å². The molecule has 1 amide bonds. The lowest BCUT2D eigenvalue weighted by Crippen LogP contribution is -2.25. The highest BCUT2D eigenvalue weighted by atomic mass is 32.2. The largest absolute Gasteiger partial charge is 0.486 e. The van der Waals surface area contributed by atoms with Crippen LogP contribution in [0.2, 0.25) is 0 Å². The highest BCUT2D eigenvalue weighted by Crippen LogP contribution is 2.37. The number of amides is 1. The molecule has 31 heavy (non-hydrogen) atoms. The third-order valence-corrected chi connectivity index (χ3v) is 6.03. The van der Waals surface area contributed by atoms with E-state index in [1.807, 2.05) is 44.2 Å². The molecule has 1 atom stereocenters. The average molecular weight is 438 g/mol. The number of rotatable bonds is 5. The molecule has 1 N–H and O–H groups in total. The van der Waals surface area contributed by atoms with Crippen molar-refractivity contribution in [2.45, 2.75) is 31.0 Å². The van der Waals surface area contributed by atoms with Crippen LogP contribution in [0.4, 0.5) is 5.69 Å². The summed E-state index contributed by atoms with van der Waals surface area (Å²) in [5, 5.41) is 7.49. The maximum atomic E-state index is 12.8. The van der Waals surface area contributed by atoms with Gasteiger partial charge < -0.3 is 14.8 Å². The average Bonchev–Trinajstić information content (AvgIpc) is 2.77. The first-order valence-corrected chi connectivity index (χ1v) is 10.8. The van der Waals surface area contributed by atoms with Crippen LogP contribution in [-0.2, 0) is 4.79 Å². The number of aryl methyl sites for hydroxylation is 2. The Morgan fingerprint density at radius 1 is 1.10 bits per heavy atom. The second-order valence-corrected chi connectivity index (χ2v) is 8.63. The Bertz CT molecular complexity index is 1190. The first-order valence-electron chi connectivity index (χ1n) is 9.96. The lowest BCUT2D eigenvalue weighted by Gasteiger charge is -2.21. The number of nitrogens with one attached hydrogen (secondary N) is 1. The van der Waals surface area contributed by atoms with Crippen LogP contribution in [0.5, 0.6) is 11.5 Å². The number of hydrogen-bond donors (Lipinski definition) is 1. The molecule has 0 spiro atoms. The molecule has 0 radical (unpaired) electrons. The van der Waals surface area contributed by atoms with Gasteiger partial charge in [-0.2, -0.15) is 9.78 Å². The molecular formula is C23H23N3O4S. The van der Waals surface area contributed by atoms with Crippen molar-refractivity contribution in [1.82, 2.24) is 9.78 Å². The third-order valence-electron chi connectivity index (χ3n) is 5.00. The molecule has 0 saturated heterocycles. The number of para-hydroxylation sites is 1. The Hall–Kier alpha value is -3.26. The molecule has 0 aliphatic carbocycles. The lowest BCUT2D eigenvalue weighted by atomic mass is 10.1. The zero-order chi connectivity index (χ0) is 22.0. The Labute approximate surface area is 184 Å². The third kappa shape index (κ3) is 4.59. The number of thioether (sulfide) groups is 1. The van der Waals surface area contributed by atoms with Gasteiger partial charge in [-0.05, 0) is 62.2 Å². The van der Waals surface area contributed by atoms with Crippen LogP contribution in [0, 0.1) is 13.8 Å². The highest BCUT2D eigenvalue weighted by Gasteiger charge is 2.21. The van der Waals surface area contributed by atoms with Crippen molar-refractivity contribution < 1.29 is 14.3 Å². The summed E-state index contributed by atoms with van der Waals surface area (Å²) in [6, 6.07) is 14.2. The summed E-state index contributed by atoms with van der Waals surface area (Å²) < 4.78 is 12.6. The van der Waals surface area contributed by atoms with E-state index in [1.165, 1.54) is 22.5 Å². The standard InChI is InChI=1S/C23H23N3O4S/c1-14-7-8-17(13-15(14)2)26-21(27)10-9-20(25-26)31-16(3)23(28)24-18-5-4-6-19-22(18)30-12-11-29-19/h4-10,13,16H,11-12H2,1-3H3,(H,24,28)/t16-/m1/s1. The van der Waals surface area contributed by atoms with Crippen molar-refractivity contribution in [3.8, 4) is 17.2 Å². The highest BCUT2D eigenvalue weighted by molar-refractivity contribution is 8.00. The topological polar surface area (TPSA) is 82.5 Å². The number of aromatic nitrogens is 2. The maximum Gasteiger partial charge on any atom is 0.271 e. The zero-order valence-electron chi connectivity index (χ0n) is 17.5. The Morgan fingerprint density at radius 2 is 1.90 bits per heavy atom. The molecule has 2 heterocycles. The van der Waals surface area contributed by atoms with Gasteiger partial charge in [0.1, 0.15) is 18.2 Å². The first kappa shape index (κ1) is 21.0. The summed E-state index contributed by atoms with van der Waals surface area (Å²) in [6.45, 7) is 6.72. The number of ether oxygens (including phenoxy) is 2. The second-order valence-electron chi connectivity index (χ2n) is 7.27. The van der Waals surface area contributed by atoms with E-state index in [0.717, 1.165) is 11.1 Å². The number of carbonyl (C=O) groups is 1. The molecule has 1 aliphatic heterocycles. The number of hydrogen-bond acceptors (Lipinski definition) is 6. The molecule has 8 heteroatoms. The minimum absolute atomic E-state index is 0.196. The SMILES string of the molecule is Cc1ccc(-n2nc(S[C@H](C)C(=O)Nc3cccc4c3OCCO4)ccc2=O)cc1C. The van der Waals surface area contributed by atoms with Crippen LogP contribution < -0.4 is 20.3 Å². The first-order chi connectivity index (χ1) is 14.9. The fourth-order valence-electron chi connectivity index (χ4n) is 3.14. The minimum Gasteiger partial charge on any atom is -0.486 e. The molecular weight excluding hydrogens is 414 g/mol. The Morgan fingerprint density at radius 3 is 2.71 bits per heavy atom. The minimum atomic E-state index is -0.446. The molecule has 0 saturated carbocycles. The van der Waals surface area contributed by atoms with Gasteiger partial charge in [-0.25, -0.2) is 0 Å². The van der Waals surface area contributed by atoms with Gasteiger partial charge in [0.2, 0.25) is 5.91 Å². The predicted molar refractivity (Wildman–Crippen MR) is 121 cm³/mol. The van der Waals surface area contributed by atoms with Crippen LogP contribution in [0.3, 0.4) is 0 Å². The van der Waals surface area contributed by atoms with Gasteiger partial charge >= 0.3 is 0 Å². The number of benzene rings is 2. The molecule has 0 fully saturated rings. The van der Waals surface area contributed by atoms with Crippen molar-refractivity contribution in [1.29, 1.82) is 0 Å². The lowest BCUT2D eigenvalue weighted by molar-refractivity contribution is -0.115. The zero-order valence-corrected chi connectivity index (χ0v) is 18.4. The predicted octanol–water partition coefficient (Wildman–Crippen LogP) is 3.74. The van der Waals surface area contributed by atoms with Crippen molar-refractivity contribution in [2.24, 2.45) is 0 Å². The summed E-state index contributed by atoms with van der Waals surface area (Å²) >= 11 is 1.28. The summed E-state index contributed by atoms with van der Waals surface area (Å²) in [7, 11) is 0. The van der Waals surface area contributed by atoms with E-state index in [9.17, 15) is 9.59 Å². The summed E-state index contributed by atoms with van der Waals surface area (Å²) in [5.74, 6) is 0.963. The molecule has 7 nitrogen and oxygen atoms in total. The van der Waals surface area contributed by atoms with E-state index in [0.29, 0.717) is 41.1 Å². The molecule has 1 aromatic heterocycles. The van der Waals surface area contributed by atoms with Crippen LogP contribution in [0.1, 0.15) is 18.1 Å². The second kappa shape index (κ2) is 8.85. The fourth-order valence-corrected chi connectivity index (χ4v) is 3.94. The van der Waals surface area contributed by atoms with Crippen LogP contribution >= 0.6 is 11.8 Å². The summed E-state index contributed by atoms with van der Waals surface area (Å²) in [6.07, 6.45) is 0. The fraction of sp³-hybridized carbons (Fsp3) is 0.261. The van der Waals surface area contributed by atoms with Gasteiger partial charge in [0.05, 0.1) is 16.6 Å². The monoisotopic (exact) mass is 437 g/mol. The van der Waals surface area contributed by atoms with E-state index in [1.54, 1.807) is 19.1 Å². The molecule has 0 bridgehead atoms. The Balaban J connectivity index is 1.51. The van der Waals surface area contributed by atoms with E-state index >= 15 is 0 Å². The number of anilines is 1. The van der Waals surface area contributed by atoms with E-state index in [-0.39, 0.29) is 11.5 Å². The molecule has 0 unspecified atom stereocenters. The molecule has 4 rings (SSSR count). The molecule has 3 aromatic rings. The van der Waals surface area contributed by atoms with Crippen molar-refractivity contribution >= 4 is 23.4 Å².